The fourth-order valence-electron chi connectivity index (χ4n) is 3.86. The summed E-state index contributed by atoms with van der Waals surface area (Å²) in [6, 6.07) is 17.5. The number of thiazole rings is 1. The summed E-state index contributed by atoms with van der Waals surface area (Å²) in [5.41, 5.74) is 2.59. The Morgan fingerprint density at radius 3 is 2.42 bits per heavy atom. The lowest BCUT2D eigenvalue weighted by Crippen LogP contribution is -2.29. The van der Waals surface area contributed by atoms with Gasteiger partial charge in [-0.05, 0) is 42.8 Å². The highest BCUT2D eigenvalue weighted by Crippen LogP contribution is 2.44. The third kappa shape index (κ3) is 3.65. The molecule has 2 N–H and O–H groups in total. The summed E-state index contributed by atoms with van der Waals surface area (Å²) in [6.45, 7) is 1.92. The quantitative estimate of drug-likeness (QED) is 0.228. The van der Waals surface area contributed by atoms with Crippen LogP contribution in [0.2, 0.25) is 5.02 Å². The van der Waals surface area contributed by atoms with Gasteiger partial charge in [-0.2, -0.15) is 0 Å². The second-order valence-electron chi connectivity index (χ2n) is 7.74. The Hall–Kier alpha value is -3.68. The highest BCUT2D eigenvalue weighted by atomic mass is 35.5. The van der Waals surface area contributed by atoms with Gasteiger partial charge in [-0.3, -0.25) is 14.5 Å². The van der Waals surface area contributed by atoms with Crippen LogP contribution in [0.5, 0.6) is 5.75 Å². The molecule has 33 heavy (non-hydrogen) atoms. The van der Waals surface area contributed by atoms with Gasteiger partial charge in [-0.1, -0.05) is 64.9 Å². The Morgan fingerprint density at radius 1 is 1.03 bits per heavy atom. The number of carbonyl (C=O) groups excluding carboxylic acids is 2. The number of Topliss-reactive ketones (excluding diaryl/α,β-unsaturated/α-hetero) is 1. The summed E-state index contributed by atoms with van der Waals surface area (Å²) in [6.07, 6.45) is 0. The van der Waals surface area contributed by atoms with E-state index in [4.69, 9.17) is 11.6 Å². The molecule has 1 unspecified atom stereocenters. The van der Waals surface area contributed by atoms with Gasteiger partial charge < -0.3 is 10.2 Å². The zero-order chi connectivity index (χ0) is 23.3. The van der Waals surface area contributed by atoms with E-state index in [2.05, 4.69) is 4.98 Å². The molecule has 164 valence electrons. The molecule has 1 aromatic heterocycles. The molecule has 1 saturated heterocycles. The molecule has 0 spiro atoms. The number of halogens is 1. The number of carbonyl (C=O) groups is 2. The van der Waals surface area contributed by atoms with Crippen molar-refractivity contribution in [3.63, 3.8) is 0 Å². The SMILES string of the molecule is Cc1ccc(/C(O)=C2\C(=O)C(=O)N(c3nc4ccc(Cl)cc4s3)C2c2ccc(O)cc2)cc1. The van der Waals surface area contributed by atoms with Crippen LogP contribution in [0.4, 0.5) is 5.13 Å². The summed E-state index contributed by atoms with van der Waals surface area (Å²) >= 11 is 7.33. The highest BCUT2D eigenvalue weighted by Gasteiger charge is 2.48. The van der Waals surface area contributed by atoms with Gasteiger partial charge in [0.25, 0.3) is 5.78 Å². The summed E-state index contributed by atoms with van der Waals surface area (Å²) < 4.78 is 0.766. The lowest BCUT2D eigenvalue weighted by Gasteiger charge is -2.23. The minimum atomic E-state index is -0.914. The number of rotatable bonds is 3. The number of amides is 1. The number of aliphatic hydroxyl groups is 1. The molecule has 3 aromatic carbocycles. The number of phenolic OH excluding ortho intramolecular Hbond substituents is 1. The van der Waals surface area contributed by atoms with E-state index in [-0.39, 0.29) is 17.1 Å². The van der Waals surface area contributed by atoms with Crippen LogP contribution >= 0.6 is 22.9 Å². The van der Waals surface area contributed by atoms with Crippen LogP contribution in [-0.4, -0.2) is 26.9 Å². The summed E-state index contributed by atoms with van der Waals surface area (Å²) in [4.78, 5) is 32.3. The maximum Gasteiger partial charge on any atom is 0.301 e. The molecule has 0 saturated carbocycles. The van der Waals surface area contributed by atoms with Gasteiger partial charge in [-0.25, -0.2) is 4.98 Å². The summed E-state index contributed by atoms with van der Waals surface area (Å²) in [5.74, 6) is -1.81. The first-order chi connectivity index (χ1) is 15.8. The number of aromatic hydroxyl groups is 1. The van der Waals surface area contributed by atoms with E-state index in [1.165, 1.54) is 28.4 Å². The standard InChI is InChI=1S/C25H17ClN2O4S/c1-13-2-4-15(5-3-13)22(30)20-21(14-6-9-17(29)10-7-14)28(24(32)23(20)31)25-27-18-11-8-16(26)12-19(18)33-25/h2-12,21,29-30H,1H3/b22-20+. The second-order valence-corrected chi connectivity index (χ2v) is 9.18. The zero-order valence-electron chi connectivity index (χ0n) is 17.3. The van der Waals surface area contributed by atoms with E-state index in [1.54, 1.807) is 42.5 Å². The molecule has 8 heteroatoms. The number of aromatic nitrogens is 1. The molecule has 0 bridgehead atoms. The molecule has 4 aromatic rings. The molecule has 0 aliphatic carbocycles. The monoisotopic (exact) mass is 476 g/mol. The predicted molar refractivity (Wildman–Crippen MR) is 129 cm³/mol. The fourth-order valence-corrected chi connectivity index (χ4v) is 5.13. The summed E-state index contributed by atoms with van der Waals surface area (Å²) in [5, 5.41) is 21.7. The number of aliphatic hydroxyl groups excluding tert-OH is 1. The maximum absolute atomic E-state index is 13.2. The minimum Gasteiger partial charge on any atom is -0.508 e. The zero-order valence-corrected chi connectivity index (χ0v) is 18.9. The van der Waals surface area contributed by atoms with Crippen LogP contribution < -0.4 is 4.90 Å². The minimum absolute atomic E-state index is 0.0353. The van der Waals surface area contributed by atoms with Crippen LogP contribution in [0.15, 0.2) is 72.3 Å². The van der Waals surface area contributed by atoms with Gasteiger partial charge in [0.1, 0.15) is 11.5 Å². The second kappa shape index (κ2) is 8.03. The molecule has 2 heterocycles. The summed E-state index contributed by atoms with van der Waals surface area (Å²) in [7, 11) is 0. The Labute approximate surface area is 198 Å². The Bertz CT molecular complexity index is 1440. The van der Waals surface area contributed by atoms with Crippen LogP contribution in [0.1, 0.15) is 22.7 Å². The number of hydrogen-bond acceptors (Lipinski definition) is 6. The molecular formula is C25H17ClN2O4S. The molecule has 6 nitrogen and oxygen atoms in total. The number of benzene rings is 3. The Morgan fingerprint density at radius 2 is 1.73 bits per heavy atom. The van der Waals surface area contributed by atoms with Crippen molar-refractivity contribution < 1.29 is 19.8 Å². The number of phenols is 1. The van der Waals surface area contributed by atoms with E-state index < -0.39 is 17.7 Å². The number of fused-ring (bicyclic) bond motifs is 1. The van der Waals surface area contributed by atoms with E-state index in [9.17, 15) is 19.8 Å². The predicted octanol–water partition coefficient (Wildman–Crippen LogP) is 5.59. The van der Waals surface area contributed by atoms with Crippen molar-refractivity contribution in [3.8, 4) is 5.75 Å². The van der Waals surface area contributed by atoms with E-state index in [0.717, 1.165) is 10.3 Å². The highest BCUT2D eigenvalue weighted by molar-refractivity contribution is 7.22. The van der Waals surface area contributed by atoms with Crippen molar-refractivity contribution in [1.29, 1.82) is 0 Å². The van der Waals surface area contributed by atoms with Gasteiger partial charge in [0.2, 0.25) is 0 Å². The topological polar surface area (TPSA) is 90.7 Å². The van der Waals surface area contributed by atoms with E-state index in [0.29, 0.717) is 26.8 Å². The van der Waals surface area contributed by atoms with Gasteiger partial charge in [0, 0.05) is 10.6 Å². The Kier molecular flexibility index (Phi) is 5.15. The van der Waals surface area contributed by atoms with Crippen molar-refractivity contribution >= 4 is 55.7 Å². The largest absolute Gasteiger partial charge is 0.508 e. The van der Waals surface area contributed by atoms with Crippen molar-refractivity contribution in [3.05, 3.63) is 94.0 Å². The average molecular weight is 477 g/mol. The number of hydrogen-bond donors (Lipinski definition) is 2. The first kappa shape index (κ1) is 21.2. The molecule has 1 amide bonds. The number of aryl methyl sites for hydroxylation is 1. The molecule has 0 radical (unpaired) electrons. The molecule has 1 fully saturated rings. The van der Waals surface area contributed by atoms with Crippen molar-refractivity contribution in [2.45, 2.75) is 13.0 Å². The maximum atomic E-state index is 13.2. The first-order valence-corrected chi connectivity index (χ1v) is 11.3. The van der Waals surface area contributed by atoms with Crippen LogP contribution in [0, 0.1) is 6.92 Å². The smallest absolute Gasteiger partial charge is 0.301 e. The van der Waals surface area contributed by atoms with Crippen molar-refractivity contribution in [1.82, 2.24) is 4.98 Å². The molecule has 1 aliphatic rings. The number of ketones is 1. The van der Waals surface area contributed by atoms with Crippen molar-refractivity contribution in [2.75, 3.05) is 4.90 Å². The first-order valence-electron chi connectivity index (χ1n) is 10.1. The lowest BCUT2D eigenvalue weighted by atomic mass is 9.95. The van der Waals surface area contributed by atoms with Gasteiger partial charge in [-0.15, -0.1) is 0 Å². The van der Waals surface area contributed by atoms with Crippen LogP contribution in [0.25, 0.3) is 16.0 Å². The van der Waals surface area contributed by atoms with Gasteiger partial charge >= 0.3 is 5.91 Å². The lowest BCUT2D eigenvalue weighted by molar-refractivity contribution is -0.132. The van der Waals surface area contributed by atoms with E-state index in [1.807, 2.05) is 19.1 Å². The van der Waals surface area contributed by atoms with Gasteiger partial charge in [0.15, 0.2) is 5.13 Å². The van der Waals surface area contributed by atoms with Crippen molar-refractivity contribution in [2.24, 2.45) is 0 Å². The van der Waals surface area contributed by atoms with E-state index >= 15 is 0 Å². The molecule has 5 rings (SSSR count). The normalized spacial score (nSPS) is 17.8. The molecule has 1 atom stereocenters. The third-order valence-corrected chi connectivity index (χ3v) is 6.78. The number of nitrogens with zero attached hydrogens (tertiary/aromatic N) is 2. The molecular weight excluding hydrogens is 460 g/mol. The van der Waals surface area contributed by atoms with Gasteiger partial charge in [0.05, 0.1) is 21.8 Å². The van der Waals surface area contributed by atoms with Crippen LogP contribution in [0.3, 0.4) is 0 Å². The average Bonchev–Trinajstić information content (AvgIpc) is 3.32. The third-order valence-electron chi connectivity index (χ3n) is 5.52. The fraction of sp³-hybridized carbons (Fsp3) is 0.0800. The van der Waals surface area contributed by atoms with Crippen LogP contribution in [-0.2, 0) is 9.59 Å². The molecule has 1 aliphatic heterocycles. The number of anilines is 1. The Balaban J connectivity index is 1.73.